The number of carbonyl (C=O) groups is 1. The van der Waals surface area contributed by atoms with Crippen LogP contribution in [0, 0.1) is 11.7 Å². The van der Waals surface area contributed by atoms with Crippen LogP contribution in [0.3, 0.4) is 0 Å². The highest BCUT2D eigenvalue weighted by Crippen LogP contribution is 2.25. The van der Waals surface area contributed by atoms with E-state index in [2.05, 4.69) is 5.32 Å². The first kappa shape index (κ1) is 19.1. The average Bonchev–Trinajstić information content (AvgIpc) is 3.12. The molecule has 1 aromatic heterocycles. The van der Waals surface area contributed by atoms with Gasteiger partial charge in [-0.25, -0.2) is 9.87 Å². The molecule has 3 N–H and O–H groups in total. The summed E-state index contributed by atoms with van der Waals surface area (Å²) in [6, 6.07) is 9.85. The van der Waals surface area contributed by atoms with E-state index < -0.39 is 5.91 Å². The SMILES string of the molecule is CC(C)/C(C(=O)NO)=C(/NCOCc1ccc(F)cc1)c1cccs1. The van der Waals surface area contributed by atoms with E-state index in [1.54, 1.807) is 17.6 Å². The van der Waals surface area contributed by atoms with Crippen LogP contribution in [0.2, 0.25) is 0 Å². The van der Waals surface area contributed by atoms with Crippen molar-refractivity contribution in [2.45, 2.75) is 20.5 Å². The number of amides is 1. The van der Waals surface area contributed by atoms with Crippen molar-refractivity contribution in [3.63, 3.8) is 0 Å². The van der Waals surface area contributed by atoms with Gasteiger partial charge in [0.2, 0.25) is 0 Å². The third-order valence-electron chi connectivity index (χ3n) is 3.49. The number of hydrogen-bond acceptors (Lipinski definition) is 5. The van der Waals surface area contributed by atoms with Gasteiger partial charge in [-0.1, -0.05) is 32.0 Å². The zero-order chi connectivity index (χ0) is 18.2. The normalized spacial score (nSPS) is 12.0. The average molecular weight is 364 g/mol. The number of ether oxygens (including phenoxy) is 1. The number of thiophene rings is 1. The van der Waals surface area contributed by atoms with Gasteiger partial charge in [-0.3, -0.25) is 10.0 Å². The number of rotatable bonds is 8. The molecular weight excluding hydrogens is 343 g/mol. The van der Waals surface area contributed by atoms with Gasteiger partial charge in [0.15, 0.2) is 0 Å². The molecule has 0 fully saturated rings. The van der Waals surface area contributed by atoms with Crippen LogP contribution in [0.15, 0.2) is 47.4 Å². The Hall–Kier alpha value is -2.22. The molecule has 0 spiro atoms. The Morgan fingerprint density at radius 1 is 1.28 bits per heavy atom. The van der Waals surface area contributed by atoms with E-state index in [0.717, 1.165) is 10.4 Å². The molecule has 0 aliphatic heterocycles. The molecule has 0 saturated heterocycles. The lowest BCUT2D eigenvalue weighted by Gasteiger charge is -2.18. The van der Waals surface area contributed by atoms with E-state index in [0.29, 0.717) is 17.9 Å². The lowest BCUT2D eigenvalue weighted by molar-refractivity contribution is -0.125. The van der Waals surface area contributed by atoms with Crippen molar-refractivity contribution >= 4 is 22.9 Å². The molecule has 0 saturated carbocycles. The monoisotopic (exact) mass is 364 g/mol. The van der Waals surface area contributed by atoms with Crippen LogP contribution in [0.1, 0.15) is 24.3 Å². The maximum atomic E-state index is 12.9. The van der Waals surface area contributed by atoms with Gasteiger partial charge in [-0.15, -0.1) is 11.3 Å². The van der Waals surface area contributed by atoms with Crippen LogP contribution in [-0.2, 0) is 16.1 Å². The molecule has 7 heteroatoms. The predicted octanol–water partition coefficient (Wildman–Crippen LogP) is 3.52. The third kappa shape index (κ3) is 5.38. The van der Waals surface area contributed by atoms with Gasteiger partial charge < -0.3 is 10.1 Å². The second-order valence-corrected chi connectivity index (χ2v) is 6.61. The number of benzene rings is 1. The molecule has 0 aliphatic rings. The molecular formula is C18H21FN2O3S. The summed E-state index contributed by atoms with van der Waals surface area (Å²) in [7, 11) is 0. The summed E-state index contributed by atoms with van der Waals surface area (Å²) < 4.78 is 18.5. The van der Waals surface area contributed by atoms with Gasteiger partial charge in [-0.05, 0) is 35.1 Å². The van der Waals surface area contributed by atoms with Gasteiger partial charge in [0.25, 0.3) is 5.91 Å². The summed E-state index contributed by atoms with van der Waals surface area (Å²) in [6.45, 7) is 4.23. The molecule has 2 aromatic rings. The Balaban J connectivity index is 2.09. The summed E-state index contributed by atoms with van der Waals surface area (Å²) in [5.41, 5.74) is 3.61. The lowest BCUT2D eigenvalue weighted by atomic mass is 9.99. The summed E-state index contributed by atoms with van der Waals surface area (Å²) in [6.07, 6.45) is 0. The van der Waals surface area contributed by atoms with Crippen LogP contribution in [0.25, 0.3) is 5.70 Å². The number of carbonyl (C=O) groups excluding carboxylic acids is 1. The Kier molecular flexibility index (Phi) is 7.12. The van der Waals surface area contributed by atoms with E-state index in [9.17, 15) is 9.18 Å². The highest BCUT2D eigenvalue weighted by Gasteiger charge is 2.20. The minimum Gasteiger partial charge on any atom is -0.361 e. The van der Waals surface area contributed by atoms with E-state index in [-0.39, 0.29) is 18.5 Å². The largest absolute Gasteiger partial charge is 0.361 e. The van der Waals surface area contributed by atoms with Crippen molar-refractivity contribution in [2.24, 2.45) is 5.92 Å². The Morgan fingerprint density at radius 3 is 2.56 bits per heavy atom. The second kappa shape index (κ2) is 9.31. The van der Waals surface area contributed by atoms with Crippen molar-refractivity contribution < 1.29 is 19.1 Å². The first-order chi connectivity index (χ1) is 12.0. The van der Waals surface area contributed by atoms with Crippen LogP contribution in [-0.4, -0.2) is 17.8 Å². The molecule has 25 heavy (non-hydrogen) atoms. The molecule has 1 aromatic carbocycles. The maximum Gasteiger partial charge on any atom is 0.272 e. The molecule has 0 aliphatic carbocycles. The minimum absolute atomic E-state index is 0.103. The van der Waals surface area contributed by atoms with E-state index in [1.165, 1.54) is 23.5 Å². The summed E-state index contributed by atoms with van der Waals surface area (Å²) >= 11 is 1.48. The fourth-order valence-electron chi connectivity index (χ4n) is 2.33. The first-order valence-electron chi connectivity index (χ1n) is 7.81. The van der Waals surface area contributed by atoms with Crippen LogP contribution < -0.4 is 10.8 Å². The molecule has 2 rings (SSSR count). The summed E-state index contributed by atoms with van der Waals surface area (Å²) in [5, 5.41) is 14.1. The first-order valence-corrected chi connectivity index (χ1v) is 8.69. The Bertz CT molecular complexity index is 712. The highest BCUT2D eigenvalue weighted by atomic mass is 32.1. The van der Waals surface area contributed by atoms with Gasteiger partial charge >= 0.3 is 0 Å². The van der Waals surface area contributed by atoms with Gasteiger partial charge in [0.05, 0.1) is 17.2 Å². The second-order valence-electron chi connectivity index (χ2n) is 5.66. The quantitative estimate of drug-likeness (QED) is 0.220. The standard InChI is InChI=1S/C18H21FN2O3S/c1-12(2)16(18(22)21-23)17(15-4-3-9-25-15)20-11-24-10-13-5-7-14(19)8-6-13/h3-9,12,20,23H,10-11H2,1-2H3,(H,21,22)/b17-16-. The Morgan fingerprint density at radius 2 is 2.00 bits per heavy atom. The zero-order valence-electron chi connectivity index (χ0n) is 14.1. The molecule has 1 amide bonds. The molecule has 5 nitrogen and oxygen atoms in total. The molecule has 0 radical (unpaired) electrons. The predicted molar refractivity (Wildman–Crippen MR) is 95.2 cm³/mol. The van der Waals surface area contributed by atoms with Gasteiger partial charge in [0, 0.05) is 5.57 Å². The topological polar surface area (TPSA) is 70.6 Å². The minimum atomic E-state index is -0.551. The van der Waals surface area contributed by atoms with Crippen molar-refractivity contribution in [1.82, 2.24) is 10.8 Å². The van der Waals surface area contributed by atoms with Crippen molar-refractivity contribution in [3.8, 4) is 0 Å². The molecule has 1 heterocycles. The van der Waals surface area contributed by atoms with E-state index in [1.807, 2.05) is 31.4 Å². The lowest BCUT2D eigenvalue weighted by Crippen LogP contribution is -2.28. The van der Waals surface area contributed by atoms with Crippen molar-refractivity contribution in [3.05, 3.63) is 63.6 Å². The smallest absolute Gasteiger partial charge is 0.272 e. The molecule has 0 atom stereocenters. The van der Waals surface area contributed by atoms with Crippen LogP contribution >= 0.6 is 11.3 Å². The summed E-state index contributed by atoms with van der Waals surface area (Å²) in [4.78, 5) is 12.9. The molecule has 0 bridgehead atoms. The molecule has 134 valence electrons. The Labute approximate surface area is 150 Å². The van der Waals surface area contributed by atoms with Crippen molar-refractivity contribution in [2.75, 3.05) is 6.73 Å². The third-order valence-corrected chi connectivity index (χ3v) is 4.38. The number of hydroxylamine groups is 1. The summed E-state index contributed by atoms with van der Waals surface area (Å²) in [5.74, 6) is -0.945. The number of nitrogens with one attached hydrogen (secondary N) is 2. The van der Waals surface area contributed by atoms with E-state index in [4.69, 9.17) is 9.94 Å². The fraction of sp³-hybridized carbons (Fsp3) is 0.278. The van der Waals surface area contributed by atoms with E-state index >= 15 is 0 Å². The highest BCUT2D eigenvalue weighted by molar-refractivity contribution is 7.11. The van der Waals surface area contributed by atoms with Crippen molar-refractivity contribution in [1.29, 1.82) is 0 Å². The number of halogens is 1. The zero-order valence-corrected chi connectivity index (χ0v) is 14.9. The van der Waals surface area contributed by atoms with Gasteiger partial charge in [0.1, 0.15) is 12.5 Å². The fourth-order valence-corrected chi connectivity index (χ4v) is 3.09. The van der Waals surface area contributed by atoms with Crippen LogP contribution in [0.4, 0.5) is 4.39 Å². The number of hydrogen-bond donors (Lipinski definition) is 3. The maximum absolute atomic E-state index is 12.9. The van der Waals surface area contributed by atoms with Crippen LogP contribution in [0.5, 0.6) is 0 Å². The molecule has 0 unspecified atom stereocenters. The van der Waals surface area contributed by atoms with Gasteiger partial charge in [-0.2, -0.15) is 0 Å².